The molecule has 0 aliphatic carbocycles. The maximum Gasteiger partial charge on any atom is 0.321 e. The zero-order chi connectivity index (χ0) is 18.8. The summed E-state index contributed by atoms with van der Waals surface area (Å²) in [6.45, 7) is 2.10. The highest BCUT2D eigenvalue weighted by Gasteiger charge is 2.27. The standard InChI is InChI=1S/C15H26N4O6/c1-16-3-2-12(15(24)25)19-8-6-17(10-13(20)21)4-5-18(7-9-19)11-14(22)23/h3,12H,2,4-11H2,1H3,(H,20,21)(H,22,23)(H,24,25)/b16-3+. The van der Waals surface area contributed by atoms with Gasteiger partial charge in [-0.15, -0.1) is 0 Å². The zero-order valence-electron chi connectivity index (χ0n) is 14.4. The first-order valence-corrected chi connectivity index (χ1v) is 8.09. The highest BCUT2D eigenvalue weighted by Crippen LogP contribution is 2.08. The van der Waals surface area contributed by atoms with Crippen molar-refractivity contribution in [3.8, 4) is 0 Å². The van der Waals surface area contributed by atoms with Crippen LogP contribution in [0, 0.1) is 0 Å². The van der Waals surface area contributed by atoms with Crippen molar-refractivity contribution in [3.05, 3.63) is 0 Å². The van der Waals surface area contributed by atoms with Gasteiger partial charge in [-0.2, -0.15) is 0 Å². The van der Waals surface area contributed by atoms with Crippen molar-refractivity contribution in [1.82, 2.24) is 14.7 Å². The van der Waals surface area contributed by atoms with Crippen LogP contribution in [0.2, 0.25) is 0 Å². The van der Waals surface area contributed by atoms with Crippen molar-refractivity contribution in [2.45, 2.75) is 12.5 Å². The molecule has 0 aromatic rings. The van der Waals surface area contributed by atoms with E-state index in [9.17, 15) is 19.5 Å². The fourth-order valence-corrected chi connectivity index (χ4v) is 2.78. The number of aliphatic carboxylic acids is 3. The molecule has 1 atom stereocenters. The molecule has 1 aliphatic rings. The van der Waals surface area contributed by atoms with E-state index in [1.54, 1.807) is 21.7 Å². The number of carbonyl (C=O) groups is 3. The molecule has 3 N–H and O–H groups in total. The summed E-state index contributed by atoms with van der Waals surface area (Å²) >= 11 is 0. The van der Waals surface area contributed by atoms with E-state index in [0.717, 1.165) is 0 Å². The topological polar surface area (TPSA) is 134 Å². The quantitative estimate of drug-likeness (QED) is 0.449. The smallest absolute Gasteiger partial charge is 0.321 e. The first kappa shape index (κ1) is 21.0. The molecule has 0 aromatic heterocycles. The van der Waals surface area contributed by atoms with Gasteiger partial charge in [0.1, 0.15) is 6.04 Å². The number of nitrogens with zero attached hydrogens (tertiary/aromatic N) is 4. The second kappa shape index (κ2) is 10.7. The lowest BCUT2D eigenvalue weighted by Gasteiger charge is -2.29. The molecule has 0 amide bonds. The second-order valence-corrected chi connectivity index (χ2v) is 5.91. The SMILES string of the molecule is C/N=C/CC(C(=O)O)N1CCN(CC(=O)O)CCN(CC(=O)O)CC1. The number of carboxylic acids is 3. The first-order chi connectivity index (χ1) is 11.8. The number of aliphatic imine (C=N–C) groups is 1. The summed E-state index contributed by atoms with van der Waals surface area (Å²) in [5.74, 6) is -2.92. The minimum Gasteiger partial charge on any atom is -0.480 e. The van der Waals surface area contributed by atoms with E-state index in [1.165, 1.54) is 6.21 Å². The lowest BCUT2D eigenvalue weighted by molar-refractivity contribution is -0.144. The Balaban J connectivity index is 2.90. The summed E-state index contributed by atoms with van der Waals surface area (Å²) in [5, 5.41) is 27.5. The van der Waals surface area contributed by atoms with Crippen LogP contribution in [0.1, 0.15) is 6.42 Å². The second-order valence-electron chi connectivity index (χ2n) is 5.91. The Hall–Kier alpha value is -2.04. The molecule has 1 heterocycles. The highest BCUT2D eigenvalue weighted by atomic mass is 16.4. The van der Waals surface area contributed by atoms with E-state index in [-0.39, 0.29) is 19.5 Å². The van der Waals surface area contributed by atoms with Crippen molar-refractivity contribution in [1.29, 1.82) is 0 Å². The maximum atomic E-state index is 11.6. The molecular formula is C15H26N4O6. The highest BCUT2D eigenvalue weighted by molar-refractivity contribution is 5.78. The van der Waals surface area contributed by atoms with Gasteiger partial charge in [-0.25, -0.2) is 0 Å². The van der Waals surface area contributed by atoms with Gasteiger partial charge in [-0.05, 0) is 0 Å². The van der Waals surface area contributed by atoms with Gasteiger partial charge in [-0.1, -0.05) is 0 Å². The first-order valence-electron chi connectivity index (χ1n) is 8.09. The van der Waals surface area contributed by atoms with Crippen LogP contribution in [0.3, 0.4) is 0 Å². The van der Waals surface area contributed by atoms with Crippen LogP contribution in [-0.2, 0) is 14.4 Å². The third-order valence-electron chi connectivity index (χ3n) is 4.09. The molecule has 1 unspecified atom stereocenters. The van der Waals surface area contributed by atoms with Crippen molar-refractivity contribution < 1.29 is 29.7 Å². The number of hydrogen-bond acceptors (Lipinski definition) is 7. The Labute approximate surface area is 146 Å². The van der Waals surface area contributed by atoms with Crippen LogP contribution < -0.4 is 0 Å². The molecule has 0 aromatic carbocycles. The van der Waals surface area contributed by atoms with Crippen LogP contribution in [-0.4, -0.2) is 120 Å². The molecule has 25 heavy (non-hydrogen) atoms. The Morgan fingerprint density at radius 1 is 0.920 bits per heavy atom. The third-order valence-corrected chi connectivity index (χ3v) is 4.09. The monoisotopic (exact) mass is 358 g/mol. The molecule has 1 fully saturated rings. The number of carboxylic acid groups (broad SMARTS) is 3. The van der Waals surface area contributed by atoms with Crippen LogP contribution in [0.15, 0.2) is 4.99 Å². The minimum atomic E-state index is -0.978. The molecule has 0 saturated carbocycles. The summed E-state index contributed by atoms with van der Waals surface area (Å²) in [6.07, 6.45) is 1.78. The fourth-order valence-electron chi connectivity index (χ4n) is 2.78. The van der Waals surface area contributed by atoms with Gasteiger partial charge in [0.25, 0.3) is 0 Å². The number of hydrogen-bond donors (Lipinski definition) is 3. The van der Waals surface area contributed by atoms with Crippen molar-refractivity contribution in [3.63, 3.8) is 0 Å². The predicted octanol–water partition coefficient (Wildman–Crippen LogP) is -1.38. The van der Waals surface area contributed by atoms with E-state index in [1.807, 2.05) is 0 Å². The van der Waals surface area contributed by atoms with Gasteiger partial charge >= 0.3 is 17.9 Å². The van der Waals surface area contributed by atoms with Gasteiger partial charge < -0.3 is 20.3 Å². The van der Waals surface area contributed by atoms with Gasteiger partial charge in [0, 0.05) is 59.0 Å². The van der Waals surface area contributed by atoms with E-state index >= 15 is 0 Å². The Bertz CT molecular complexity index is 470. The van der Waals surface area contributed by atoms with E-state index in [0.29, 0.717) is 39.3 Å². The molecule has 1 rings (SSSR count). The average Bonchev–Trinajstić information content (AvgIpc) is 2.59. The van der Waals surface area contributed by atoms with Crippen molar-refractivity contribution in [2.24, 2.45) is 4.99 Å². The van der Waals surface area contributed by atoms with E-state index in [2.05, 4.69) is 4.99 Å². The molecule has 1 aliphatic heterocycles. The van der Waals surface area contributed by atoms with Crippen LogP contribution in [0.25, 0.3) is 0 Å². The summed E-state index contributed by atoms with van der Waals surface area (Å²) in [7, 11) is 1.57. The lowest BCUT2D eigenvalue weighted by Crippen LogP contribution is -2.47. The van der Waals surface area contributed by atoms with Crippen molar-refractivity contribution in [2.75, 3.05) is 59.4 Å². The van der Waals surface area contributed by atoms with Crippen molar-refractivity contribution >= 4 is 24.1 Å². The third kappa shape index (κ3) is 8.05. The molecule has 0 bridgehead atoms. The van der Waals surface area contributed by atoms with Gasteiger partial charge in [0.2, 0.25) is 0 Å². The van der Waals surface area contributed by atoms with Crippen LogP contribution >= 0.6 is 0 Å². The predicted molar refractivity (Wildman–Crippen MR) is 90.2 cm³/mol. The Morgan fingerprint density at radius 3 is 1.72 bits per heavy atom. The summed E-state index contributed by atoms with van der Waals surface area (Å²) < 4.78 is 0. The van der Waals surface area contributed by atoms with Crippen LogP contribution in [0.4, 0.5) is 0 Å². The van der Waals surface area contributed by atoms with E-state index in [4.69, 9.17) is 10.2 Å². The van der Waals surface area contributed by atoms with Gasteiger partial charge in [0.05, 0.1) is 13.1 Å². The molecule has 0 radical (unpaired) electrons. The Morgan fingerprint density at radius 2 is 1.36 bits per heavy atom. The zero-order valence-corrected chi connectivity index (χ0v) is 14.4. The molecule has 142 valence electrons. The molecule has 10 heteroatoms. The largest absolute Gasteiger partial charge is 0.480 e. The summed E-state index contributed by atoms with van der Waals surface area (Å²) in [4.78, 5) is 42.6. The normalized spacial score (nSPS) is 19.9. The van der Waals surface area contributed by atoms with E-state index < -0.39 is 23.9 Å². The molecular weight excluding hydrogens is 332 g/mol. The lowest BCUT2D eigenvalue weighted by atomic mass is 10.1. The van der Waals surface area contributed by atoms with Gasteiger partial charge in [-0.3, -0.25) is 29.1 Å². The van der Waals surface area contributed by atoms with Gasteiger partial charge in [0.15, 0.2) is 0 Å². The fraction of sp³-hybridized carbons (Fsp3) is 0.733. The molecule has 10 nitrogen and oxygen atoms in total. The summed E-state index contributed by atoms with van der Waals surface area (Å²) in [5.41, 5.74) is 0. The molecule has 0 spiro atoms. The number of rotatable bonds is 8. The maximum absolute atomic E-state index is 11.6. The molecule has 1 saturated heterocycles. The average molecular weight is 358 g/mol. The summed E-state index contributed by atoms with van der Waals surface area (Å²) in [6, 6.07) is -0.778. The Kier molecular flexibility index (Phi) is 9.03. The minimum absolute atomic E-state index is 0.164. The van der Waals surface area contributed by atoms with Crippen LogP contribution in [0.5, 0.6) is 0 Å².